The number of carbonyl (C=O) groups excluding carboxylic acids is 2. The van der Waals surface area contributed by atoms with Gasteiger partial charge in [0.2, 0.25) is 11.6 Å². The molecule has 230 valence electrons. The Morgan fingerprint density at radius 1 is 0.644 bits per heavy atom. The molecule has 0 bridgehead atoms. The molecule has 5 atom stereocenters. The van der Waals surface area contributed by atoms with Gasteiger partial charge >= 0.3 is 0 Å². The van der Waals surface area contributed by atoms with Crippen LogP contribution in [0.1, 0.15) is 26.4 Å². The highest BCUT2D eigenvalue weighted by Crippen LogP contribution is 2.33. The van der Waals surface area contributed by atoms with E-state index < -0.39 is 42.3 Å². The average molecular weight is 623 g/mol. The molecule has 1 aliphatic heterocycles. The Bertz CT molecular complexity index is 1660. The highest BCUT2D eigenvalue weighted by atomic mass is 32.1. The maximum absolute atomic E-state index is 14.1. The Morgan fingerprint density at radius 3 is 1.67 bits per heavy atom. The summed E-state index contributed by atoms with van der Waals surface area (Å²) in [6.45, 7) is 0.651. The molecule has 0 unspecified atom stereocenters. The number of ether oxygens (including phenoxy) is 5. The van der Waals surface area contributed by atoms with Crippen molar-refractivity contribution in [2.45, 2.75) is 50.5 Å². The lowest BCUT2D eigenvalue weighted by molar-refractivity contribution is -0.310. The van der Waals surface area contributed by atoms with Gasteiger partial charge in [0.25, 0.3) is 0 Å². The minimum absolute atomic E-state index is 0.171. The Hall–Kier alpha value is -4.02. The maximum Gasteiger partial charge on any atom is 0.241 e. The Morgan fingerprint density at radius 2 is 1.13 bits per heavy atom. The molecule has 0 aliphatic carbocycles. The molecule has 0 amide bonds. The second kappa shape index (κ2) is 14.8. The van der Waals surface area contributed by atoms with Crippen molar-refractivity contribution in [3.05, 3.63) is 143 Å². The van der Waals surface area contributed by atoms with Crippen LogP contribution >= 0.6 is 11.3 Å². The third-order valence-corrected chi connectivity index (χ3v) is 8.83. The van der Waals surface area contributed by atoms with E-state index in [0.717, 1.165) is 26.8 Å². The predicted octanol–water partition coefficient (Wildman–Crippen LogP) is 6.78. The number of hydrogen-bond donors (Lipinski definition) is 0. The van der Waals surface area contributed by atoms with Crippen molar-refractivity contribution in [2.75, 3.05) is 7.11 Å². The molecule has 8 heteroatoms. The first-order chi connectivity index (χ1) is 22.1. The van der Waals surface area contributed by atoms with Crippen LogP contribution < -0.4 is 0 Å². The number of hydrogen-bond acceptors (Lipinski definition) is 8. The zero-order valence-electron chi connectivity index (χ0n) is 24.8. The van der Waals surface area contributed by atoms with E-state index >= 15 is 0 Å². The summed E-state index contributed by atoms with van der Waals surface area (Å²) in [6, 6.07) is 38.5. The van der Waals surface area contributed by atoms with Crippen LogP contribution in [0.5, 0.6) is 0 Å². The zero-order valence-corrected chi connectivity index (χ0v) is 25.6. The summed E-state index contributed by atoms with van der Waals surface area (Å²) in [4.78, 5) is 28.1. The summed E-state index contributed by atoms with van der Waals surface area (Å²) in [5.74, 6) is -1.37. The van der Waals surface area contributed by atoms with Crippen molar-refractivity contribution < 1.29 is 33.3 Å². The third kappa shape index (κ3) is 7.45. The molecule has 2 heterocycles. The van der Waals surface area contributed by atoms with Gasteiger partial charge in [0, 0.05) is 11.8 Å². The van der Waals surface area contributed by atoms with Gasteiger partial charge in [0.05, 0.1) is 24.7 Å². The number of fused-ring (bicyclic) bond motifs is 1. The maximum atomic E-state index is 14.1. The van der Waals surface area contributed by atoms with Crippen molar-refractivity contribution in [2.24, 2.45) is 0 Å². The van der Waals surface area contributed by atoms with Gasteiger partial charge in [-0.15, -0.1) is 11.3 Å². The van der Waals surface area contributed by atoms with E-state index in [1.807, 2.05) is 115 Å². The molecular formula is C37H34O7S. The molecular weight excluding hydrogens is 588 g/mol. The lowest BCUT2D eigenvalue weighted by Crippen LogP contribution is -2.63. The first-order valence-electron chi connectivity index (χ1n) is 14.8. The first-order valence-corrected chi connectivity index (χ1v) is 15.6. The van der Waals surface area contributed by atoms with Crippen molar-refractivity contribution >= 4 is 33.0 Å². The standard InChI is InChI=1S/C37H34O7S/c1-40-37-36(43-24-27-17-9-4-10-18-27)35(42-23-26-15-7-3-8-16-26)34(41-22-25-13-5-2-6-14-25)33(44-37)32(39)31(38)30-21-28-19-11-12-20-29(28)45-30/h2-21,33-37H,22-24H2,1H3/t33-,34+,35+,36-,37+/m1/s1. The highest BCUT2D eigenvalue weighted by Gasteiger charge is 2.52. The SMILES string of the molecule is CO[C@H]1O[C@H](C(=O)C(=O)c2cc3ccccc3s2)[C@H](OCc2ccccc2)[C@H](OCc2ccccc2)[C@H]1OCc1ccccc1. The zero-order chi connectivity index (χ0) is 31.0. The van der Waals surface area contributed by atoms with Crippen LogP contribution in [0, 0.1) is 0 Å². The van der Waals surface area contributed by atoms with Gasteiger partial charge in [-0.3, -0.25) is 9.59 Å². The highest BCUT2D eigenvalue weighted by molar-refractivity contribution is 7.21. The van der Waals surface area contributed by atoms with Gasteiger partial charge in [-0.2, -0.15) is 0 Å². The van der Waals surface area contributed by atoms with E-state index in [9.17, 15) is 9.59 Å². The summed E-state index contributed by atoms with van der Waals surface area (Å²) in [5, 5.41) is 0.897. The Balaban J connectivity index is 1.34. The number of rotatable bonds is 13. The largest absolute Gasteiger partial charge is 0.368 e. The van der Waals surface area contributed by atoms with Crippen molar-refractivity contribution in [3.8, 4) is 0 Å². The molecule has 0 saturated carbocycles. The van der Waals surface area contributed by atoms with Gasteiger partial charge < -0.3 is 23.7 Å². The quantitative estimate of drug-likeness (QED) is 0.106. The normalized spacial score (nSPS) is 21.5. The summed E-state index contributed by atoms with van der Waals surface area (Å²) in [6.07, 6.45) is -4.88. The molecule has 0 radical (unpaired) electrons. The average Bonchev–Trinajstić information content (AvgIpc) is 3.54. The van der Waals surface area contributed by atoms with Gasteiger partial charge in [-0.05, 0) is 34.2 Å². The monoisotopic (exact) mass is 622 g/mol. The van der Waals surface area contributed by atoms with Crippen LogP contribution in [0.3, 0.4) is 0 Å². The summed E-state index contributed by atoms with van der Waals surface area (Å²) in [5.41, 5.74) is 2.79. The number of ketones is 2. The summed E-state index contributed by atoms with van der Waals surface area (Å²) >= 11 is 1.28. The van der Waals surface area contributed by atoms with Crippen LogP contribution in [0.15, 0.2) is 121 Å². The van der Waals surface area contributed by atoms with Crippen molar-refractivity contribution in [1.29, 1.82) is 0 Å². The fourth-order valence-electron chi connectivity index (χ4n) is 5.40. The molecule has 4 aromatic carbocycles. The van der Waals surface area contributed by atoms with E-state index in [1.165, 1.54) is 18.4 Å². The smallest absolute Gasteiger partial charge is 0.241 e. The van der Waals surface area contributed by atoms with Crippen LogP contribution in [0.2, 0.25) is 0 Å². The minimum atomic E-state index is -1.30. The molecule has 7 nitrogen and oxygen atoms in total. The van der Waals surface area contributed by atoms with E-state index in [1.54, 1.807) is 6.07 Å². The Labute approximate surface area is 266 Å². The molecule has 0 spiro atoms. The van der Waals surface area contributed by atoms with Gasteiger partial charge in [0.1, 0.15) is 18.3 Å². The van der Waals surface area contributed by atoms with Crippen molar-refractivity contribution in [1.82, 2.24) is 0 Å². The topological polar surface area (TPSA) is 80.3 Å². The summed E-state index contributed by atoms with van der Waals surface area (Å²) < 4.78 is 32.4. The molecule has 0 N–H and O–H groups in total. The number of Topliss-reactive ketones (excluding diaryl/α,β-unsaturated/α-hetero) is 2. The molecule has 1 fully saturated rings. The minimum Gasteiger partial charge on any atom is -0.368 e. The van der Waals surface area contributed by atoms with Crippen LogP contribution in [-0.2, 0) is 48.3 Å². The number of thiophene rings is 1. The summed E-state index contributed by atoms with van der Waals surface area (Å²) in [7, 11) is 1.48. The predicted molar refractivity (Wildman–Crippen MR) is 172 cm³/mol. The Kier molecular flexibility index (Phi) is 10.2. The molecule has 1 aromatic heterocycles. The van der Waals surface area contributed by atoms with Gasteiger partial charge in [0.15, 0.2) is 12.4 Å². The van der Waals surface area contributed by atoms with E-state index in [-0.39, 0.29) is 19.8 Å². The third-order valence-electron chi connectivity index (χ3n) is 7.71. The molecule has 45 heavy (non-hydrogen) atoms. The number of methoxy groups -OCH3 is 1. The van der Waals surface area contributed by atoms with E-state index in [0.29, 0.717) is 4.88 Å². The second-order valence-corrected chi connectivity index (χ2v) is 11.9. The van der Waals surface area contributed by atoms with Gasteiger partial charge in [-0.25, -0.2) is 0 Å². The molecule has 1 saturated heterocycles. The van der Waals surface area contributed by atoms with Crippen LogP contribution in [0.4, 0.5) is 0 Å². The lowest BCUT2D eigenvalue weighted by Gasteiger charge is -2.44. The first kappa shape index (κ1) is 31.0. The number of carbonyl (C=O) groups is 2. The molecule has 1 aliphatic rings. The lowest BCUT2D eigenvalue weighted by atomic mass is 9.93. The van der Waals surface area contributed by atoms with E-state index in [4.69, 9.17) is 23.7 Å². The van der Waals surface area contributed by atoms with Crippen LogP contribution in [-0.4, -0.2) is 49.4 Å². The van der Waals surface area contributed by atoms with Gasteiger partial charge in [-0.1, -0.05) is 109 Å². The second-order valence-electron chi connectivity index (χ2n) is 10.8. The van der Waals surface area contributed by atoms with Crippen molar-refractivity contribution in [3.63, 3.8) is 0 Å². The number of benzene rings is 4. The fourth-order valence-corrected chi connectivity index (χ4v) is 6.41. The molecule has 5 aromatic rings. The van der Waals surface area contributed by atoms with E-state index in [2.05, 4.69) is 0 Å². The fraction of sp³-hybridized carbons (Fsp3) is 0.243. The van der Waals surface area contributed by atoms with Crippen LogP contribution in [0.25, 0.3) is 10.1 Å². The molecule has 6 rings (SSSR count).